The molecule has 0 aliphatic carbocycles. The number of hydrogen-bond donors (Lipinski definition) is 1. The molecule has 1 saturated heterocycles. The van der Waals surface area contributed by atoms with Gasteiger partial charge in [0.2, 0.25) is 0 Å². The van der Waals surface area contributed by atoms with E-state index in [-0.39, 0.29) is 18.4 Å². The Morgan fingerprint density at radius 2 is 1.91 bits per heavy atom. The van der Waals surface area contributed by atoms with Gasteiger partial charge in [0.05, 0.1) is 26.0 Å². The van der Waals surface area contributed by atoms with E-state index in [4.69, 9.17) is 14.2 Å². The fourth-order valence-corrected chi connectivity index (χ4v) is 3.93. The zero-order valence-electron chi connectivity index (χ0n) is 17.6. The van der Waals surface area contributed by atoms with E-state index in [1.807, 2.05) is 35.7 Å². The van der Waals surface area contributed by atoms with Crippen LogP contribution in [0.2, 0.25) is 0 Å². The number of rotatable bonds is 7. The van der Waals surface area contributed by atoms with Crippen molar-refractivity contribution in [1.29, 1.82) is 0 Å². The summed E-state index contributed by atoms with van der Waals surface area (Å²) in [5.41, 5.74) is 2.18. The van der Waals surface area contributed by atoms with Crippen molar-refractivity contribution in [2.24, 2.45) is 0 Å². The Morgan fingerprint density at radius 3 is 2.66 bits per heavy atom. The van der Waals surface area contributed by atoms with Gasteiger partial charge in [0.1, 0.15) is 0 Å². The van der Waals surface area contributed by atoms with Gasteiger partial charge in [0.25, 0.3) is 11.8 Å². The molecule has 2 aromatic carbocycles. The summed E-state index contributed by atoms with van der Waals surface area (Å²) in [6.45, 7) is 2.07. The molecule has 0 radical (unpaired) electrons. The predicted octanol–water partition coefficient (Wildman–Crippen LogP) is 3.31. The number of benzene rings is 2. The van der Waals surface area contributed by atoms with Crippen LogP contribution >= 0.6 is 11.3 Å². The number of carbonyl (C=O) groups excluding carboxylic acids is 2. The molecule has 2 heterocycles. The van der Waals surface area contributed by atoms with Gasteiger partial charge in [-0.3, -0.25) is 14.9 Å². The van der Waals surface area contributed by atoms with Crippen LogP contribution in [0.25, 0.3) is 11.3 Å². The molecule has 3 aromatic rings. The van der Waals surface area contributed by atoms with E-state index in [0.717, 1.165) is 11.3 Å². The third kappa shape index (κ3) is 5.24. The van der Waals surface area contributed by atoms with Gasteiger partial charge in [-0.15, -0.1) is 11.3 Å². The average molecular weight is 454 g/mol. The van der Waals surface area contributed by atoms with E-state index in [2.05, 4.69) is 10.3 Å². The first-order valence-corrected chi connectivity index (χ1v) is 11.0. The maximum atomic E-state index is 12.7. The molecule has 1 aliphatic rings. The molecule has 0 saturated carbocycles. The summed E-state index contributed by atoms with van der Waals surface area (Å²) in [5, 5.41) is 5.21. The number of carbonyl (C=O) groups is 2. The molecule has 9 heteroatoms. The summed E-state index contributed by atoms with van der Waals surface area (Å²) < 4.78 is 16.3. The largest absolute Gasteiger partial charge is 0.493 e. The molecule has 1 N–H and O–H groups in total. The smallest absolute Gasteiger partial charge is 0.260 e. The molecule has 1 aliphatic heterocycles. The van der Waals surface area contributed by atoms with Crippen molar-refractivity contribution >= 4 is 28.3 Å². The Labute approximate surface area is 189 Å². The SMILES string of the molecule is COc1cc(C(=O)Nc2nc(-c3ccccc3)cs2)ccc1OCC(=O)N1CCOCC1. The Morgan fingerprint density at radius 1 is 1.12 bits per heavy atom. The number of nitrogens with one attached hydrogen (secondary N) is 1. The molecule has 0 bridgehead atoms. The lowest BCUT2D eigenvalue weighted by Gasteiger charge is -2.26. The van der Waals surface area contributed by atoms with E-state index in [1.54, 1.807) is 23.1 Å². The van der Waals surface area contributed by atoms with Crippen LogP contribution < -0.4 is 14.8 Å². The van der Waals surface area contributed by atoms with Gasteiger partial charge in [-0.2, -0.15) is 0 Å². The van der Waals surface area contributed by atoms with Crippen LogP contribution in [-0.4, -0.2) is 61.7 Å². The highest BCUT2D eigenvalue weighted by Gasteiger charge is 2.19. The second-order valence-electron chi connectivity index (χ2n) is 7.01. The van der Waals surface area contributed by atoms with Crippen molar-refractivity contribution in [2.75, 3.05) is 45.3 Å². The second-order valence-corrected chi connectivity index (χ2v) is 7.86. The minimum absolute atomic E-state index is 0.108. The normalized spacial score (nSPS) is 13.5. The van der Waals surface area contributed by atoms with Gasteiger partial charge in [0.15, 0.2) is 23.2 Å². The van der Waals surface area contributed by atoms with Crippen molar-refractivity contribution in [1.82, 2.24) is 9.88 Å². The standard InChI is InChI=1S/C23H23N3O5S/c1-29-20-13-17(7-8-19(20)31-14-21(27)26-9-11-30-12-10-26)22(28)25-23-24-18(15-32-23)16-5-3-2-4-6-16/h2-8,13,15H,9-12,14H2,1H3,(H,24,25,28). The van der Waals surface area contributed by atoms with E-state index in [9.17, 15) is 9.59 Å². The van der Waals surface area contributed by atoms with Gasteiger partial charge in [0, 0.05) is 29.6 Å². The number of hydrogen-bond acceptors (Lipinski definition) is 7. The Bertz CT molecular complexity index is 1080. The fraction of sp³-hybridized carbons (Fsp3) is 0.261. The van der Waals surface area contributed by atoms with E-state index in [1.165, 1.54) is 18.4 Å². The molecular formula is C23H23N3O5S. The number of methoxy groups -OCH3 is 1. The molecule has 166 valence electrons. The molecule has 32 heavy (non-hydrogen) atoms. The number of amides is 2. The van der Waals surface area contributed by atoms with Crippen LogP contribution in [0.15, 0.2) is 53.9 Å². The summed E-state index contributed by atoms with van der Waals surface area (Å²) in [6, 6.07) is 14.6. The lowest BCUT2D eigenvalue weighted by molar-refractivity contribution is -0.137. The number of anilines is 1. The first kappa shape index (κ1) is 21.8. The highest BCUT2D eigenvalue weighted by molar-refractivity contribution is 7.14. The monoisotopic (exact) mass is 453 g/mol. The van der Waals surface area contributed by atoms with Crippen molar-refractivity contribution in [3.8, 4) is 22.8 Å². The van der Waals surface area contributed by atoms with E-state index in [0.29, 0.717) is 48.5 Å². The summed E-state index contributed by atoms with van der Waals surface area (Å²) in [5.74, 6) is 0.339. The third-order valence-corrected chi connectivity index (χ3v) is 5.69. The molecule has 8 nitrogen and oxygen atoms in total. The van der Waals surface area contributed by atoms with Crippen LogP contribution in [-0.2, 0) is 9.53 Å². The topological polar surface area (TPSA) is 90.0 Å². The van der Waals surface area contributed by atoms with Crippen molar-refractivity contribution in [3.63, 3.8) is 0 Å². The predicted molar refractivity (Wildman–Crippen MR) is 121 cm³/mol. The molecule has 0 spiro atoms. The number of morpholine rings is 1. The minimum atomic E-state index is -0.312. The van der Waals surface area contributed by atoms with Crippen LogP contribution in [0.5, 0.6) is 11.5 Å². The maximum absolute atomic E-state index is 12.7. The van der Waals surface area contributed by atoms with Crippen molar-refractivity contribution in [3.05, 3.63) is 59.5 Å². The zero-order chi connectivity index (χ0) is 22.3. The molecule has 0 unspecified atom stereocenters. The number of thiazole rings is 1. The minimum Gasteiger partial charge on any atom is -0.493 e. The van der Waals surface area contributed by atoms with Gasteiger partial charge in [-0.25, -0.2) is 4.98 Å². The lowest BCUT2D eigenvalue weighted by Crippen LogP contribution is -2.43. The molecule has 0 atom stereocenters. The summed E-state index contributed by atoms with van der Waals surface area (Å²) in [4.78, 5) is 31.2. The van der Waals surface area contributed by atoms with Gasteiger partial charge in [-0.1, -0.05) is 30.3 Å². The van der Waals surface area contributed by atoms with Crippen LogP contribution in [0.3, 0.4) is 0 Å². The van der Waals surface area contributed by atoms with Gasteiger partial charge < -0.3 is 19.1 Å². The highest BCUT2D eigenvalue weighted by Crippen LogP contribution is 2.29. The third-order valence-electron chi connectivity index (χ3n) is 4.93. The van der Waals surface area contributed by atoms with Gasteiger partial charge >= 0.3 is 0 Å². The Balaban J connectivity index is 1.39. The molecular weight excluding hydrogens is 430 g/mol. The second kappa shape index (κ2) is 10.3. The molecule has 4 rings (SSSR count). The summed E-state index contributed by atoms with van der Waals surface area (Å²) in [6.07, 6.45) is 0. The van der Waals surface area contributed by atoms with Crippen LogP contribution in [0.4, 0.5) is 5.13 Å². The summed E-state index contributed by atoms with van der Waals surface area (Å²) in [7, 11) is 1.49. The molecule has 1 aromatic heterocycles. The quantitative estimate of drug-likeness (QED) is 0.590. The number of nitrogens with zero attached hydrogens (tertiary/aromatic N) is 2. The first-order chi connectivity index (χ1) is 15.6. The lowest BCUT2D eigenvalue weighted by atomic mass is 10.2. The van der Waals surface area contributed by atoms with Crippen LogP contribution in [0, 0.1) is 0 Å². The fourth-order valence-electron chi connectivity index (χ4n) is 3.21. The van der Waals surface area contributed by atoms with Gasteiger partial charge in [-0.05, 0) is 18.2 Å². The zero-order valence-corrected chi connectivity index (χ0v) is 18.4. The molecule has 1 fully saturated rings. The van der Waals surface area contributed by atoms with E-state index < -0.39 is 0 Å². The van der Waals surface area contributed by atoms with Crippen molar-refractivity contribution < 1.29 is 23.8 Å². The Hall–Kier alpha value is -3.43. The summed E-state index contributed by atoms with van der Waals surface area (Å²) >= 11 is 1.36. The maximum Gasteiger partial charge on any atom is 0.260 e. The number of ether oxygens (including phenoxy) is 3. The van der Waals surface area contributed by atoms with Crippen LogP contribution in [0.1, 0.15) is 10.4 Å². The first-order valence-electron chi connectivity index (χ1n) is 10.1. The average Bonchev–Trinajstić information content (AvgIpc) is 3.32. The molecule has 2 amide bonds. The highest BCUT2D eigenvalue weighted by atomic mass is 32.1. The van der Waals surface area contributed by atoms with Crippen molar-refractivity contribution in [2.45, 2.75) is 0 Å². The Kier molecular flexibility index (Phi) is 6.98. The van der Waals surface area contributed by atoms with E-state index >= 15 is 0 Å². The number of aromatic nitrogens is 1.